The van der Waals surface area contributed by atoms with Crippen molar-refractivity contribution in [3.63, 3.8) is 0 Å². The minimum atomic E-state index is -0.179. The first-order chi connectivity index (χ1) is 9.58. The normalized spacial score (nSPS) is 9.90. The first kappa shape index (κ1) is 15.8. The zero-order chi connectivity index (χ0) is 15.0. The van der Waals surface area contributed by atoms with Gasteiger partial charge in [0.25, 0.3) is 5.91 Å². The molecule has 5 N–H and O–H groups in total. The van der Waals surface area contributed by atoms with Crippen LogP contribution in [0.4, 0.5) is 11.4 Å². The Hall–Kier alpha value is -2.24. The van der Waals surface area contributed by atoms with Crippen molar-refractivity contribution in [3.8, 4) is 0 Å². The second-order valence-corrected chi connectivity index (χ2v) is 4.41. The summed E-state index contributed by atoms with van der Waals surface area (Å²) in [4.78, 5) is 22.9. The van der Waals surface area contributed by atoms with Gasteiger partial charge in [-0.1, -0.05) is 6.92 Å². The zero-order valence-corrected chi connectivity index (χ0v) is 12.0. The maximum absolute atomic E-state index is 11.4. The van der Waals surface area contributed by atoms with Crippen LogP contribution in [0.3, 0.4) is 0 Å². The lowest BCUT2D eigenvalue weighted by Crippen LogP contribution is -2.26. The topological polar surface area (TPSA) is 96.2 Å². The lowest BCUT2D eigenvalue weighted by atomic mass is 10.1. The maximum atomic E-state index is 11.4. The number of hydrogen-bond acceptors (Lipinski definition) is 4. The lowest BCUT2D eigenvalue weighted by Gasteiger charge is -2.10. The second kappa shape index (κ2) is 8.04. The minimum Gasteiger partial charge on any atom is -0.397 e. The summed E-state index contributed by atoms with van der Waals surface area (Å²) < 4.78 is 0. The van der Waals surface area contributed by atoms with E-state index in [0.29, 0.717) is 30.8 Å². The van der Waals surface area contributed by atoms with Crippen LogP contribution in [0.2, 0.25) is 0 Å². The number of rotatable bonds is 7. The highest BCUT2D eigenvalue weighted by Crippen LogP contribution is 2.19. The van der Waals surface area contributed by atoms with Crippen LogP contribution in [0.1, 0.15) is 30.1 Å². The molecule has 0 aromatic heterocycles. The third-order valence-corrected chi connectivity index (χ3v) is 2.78. The number of nitrogens with one attached hydrogen (secondary N) is 3. The minimum absolute atomic E-state index is 0.0138. The number of anilines is 2. The van der Waals surface area contributed by atoms with E-state index in [1.165, 1.54) is 0 Å². The lowest BCUT2D eigenvalue weighted by molar-refractivity contribution is -0.120. The molecule has 110 valence electrons. The van der Waals surface area contributed by atoms with Gasteiger partial charge < -0.3 is 21.7 Å². The van der Waals surface area contributed by atoms with Crippen molar-refractivity contribution in [2.75, 3.05) is 31.2 Å². The van der Waals surface area contributed by atoms with Gasteiger partial charge in [-0.2, -0.15) is 0 Å². The van der Waals surface area contributed by atoms with E-state index in [0.717, 1.165) is 12.1 Å². The predicted octanol–water partition coefficient (Wildman–Crippen LogP) is 0.957. The molecule has 0 fully saturated rings. The van der Waals surface area contributed by atoms with Crippen molar-refractivity contribution >= 4 is 23.2 Å². The largest absolute Gasteiger partial charge is 0.397 e. The molecule has 0 atom stereocenters. The molecule has 1 aromatic rings. The van der Waals surface area contributed by atoms with Gasteiger partial charge in [0.15, 0.2) is 0 Å². The van der Waals surface area contributed by atoms with Gasteiger partial charge in [-0.3, -0.25) is 9.59 Å². The molecule has 0 unspecified atom stereocenters. The summed E-state index contributed by atoms with van der Waals surface area (Å²) in [6, 6.07) is 5.04. The Morgan fingerprint density at radius 3 is 2.60 bits per heavy atom. The number of benzene rings is 1. The Bertz CT molecular complexity index is 474. The average Bonchev–Trinajstić information content (AvgIpc) is 2.45. The van der Waals surface area contributed by atoms with E-state index in [1.54, 1.807) is 25.2 Å². The molecule has 0 heterocycles. The molecule has 0 aliphatic carbocycles. The molecule has 6 nitrogen and oxygen atoms in total. The molecule has 0 radical (unpaired) electrons. The first-order valence-corrected chi connectivity index (χ1v) is 6.70. The van der Waals surface area contributed by atoms with Crippen LogP contribution in [0.25, 0.3) is 0 Å². The Kier molecular flexibility index (Phi) is 6.36. The van der Waals surface area contributed by atoms with Crippen LogP contribution in [-0.2, 0) is 4.79 Å². The van der Waals surface area contributed by atoms with Crippen LogP contribution in [0.5, 0.6) is 0 Å². The third kappa shape index (κ3) is 4.79. The molecule has 6 heteroatoms. The van der Waals surface area contributed by atoms with Crippen molar-refractivity contribution in [1.29, 1.82) is 0 Å². The molecule has 0 aliphatic heterocycles. The quantitative estimate of drug-likeness (QED) is 0.558. The average molecular weight is 278 g/mol. The van der Waals surface area contributed by atoms with Crippen LogP contribution in [-0.4, -0.2) is 32.0 Å². The van der Waals surface area contributed by atoms with Gasteiger partial charge in [0.05, 0.1) is 11.4 Å². The van der Waals surface area contributed by atoms with Crippen LogP contribution in [0, 0.1) is 0 Å². The van der Waals surface area contributed by atoms with E-state index in [-0.39, 0.29) is 11.8 Å². The van der Waals surface area contributed by atoms with Crippen molar-refractivity contribution < 1.29 is 9.59 Å². The molecule has 1 rings (SSSR count). The van der Waals surface area contributed by atoms with Gasteiger partial charge in [-0.25, -0.2) is 0 Å². The third-order valence-electron chi connectivity index (χ3n) is 2.78. The summed E-state index contributed by atoms with van der Waals surface area (Å²) in [5.74, 6) is -0.165. The van der Waals surface area contributed by atoms with Gasteiger partial charge in [-0.15, -0.1) is 0 Å². The highest BCUT2D eigenvalue weighted by atomic mass is 16.2. The fourth-order valence-corrected chi connectivity index (χ4v) is 1.67. The summed E-state index contributed by atoms with van der Waals surface area (Å²) in [5, 5.41) is 8.43. The number of nitrogen functional groups attached to an aromatic ring is 1. The summed E-state index contributed by atoms with van der Waals surface area (Å²) in [6.45, 7) is 3.20. The number of nitrogens with two attached hydrogens (primary N) is 1. The van der Waals surface area contributed by atoms with E-state index >= 15 is 0 Å². The molecule has 0 saturated heterocycles. The monoisotopic (exact) mass is 278 g/mol. The van der Waals surface area contributed by atoms with E-state index in [2.05, 4.69) is 16.0 Å². The van der Waals surface area contributed by atoms with Crippen molar-refractivity contribution in [2.45, 2.75) is 19.8 Å². The SMILES string of the molecule is CCCNC(=O)CCNc1ccc(C(=O)NC)cc1N. The number of hydrogen-bond donors (Lipinski definition) is 4. The fourth-order valence-electron chi connectivity index (χ4n) is 1.67. The maximum Gasteiger partial charge on any atom is 0.251 e. The van der Waals surface area contributed by atoms with E-state index < -0.39 is 0 Å². The Morgan fingerprint density at radius 1 is 1.25 bits per heavy atom. The highest BCUT2D eigenvalue weighted by Gasteiger charge is 2.06. The summed E-state index contributed by atoms with van der Waals surface area (Å²) in [5.41, 5.74) is 7.59. The summed E-state index contributed by atoms with van der Waals surface area (Å²) in [6.07, 6.45) is 1.31. The van der Waals surface area contributed by atoms with E-state index in [1.807, 2.05) is 6.92 Å². The molecule has 0 aliphatic rings. The molecular weight excluding hydrogens is 256 g/mol. The first-order valence-electron chi connectivity index (χ1n) is 6.70. The van der Waals surface area contributed by atoms with E-state index in [4.69, 9.17) is 5.73 Å². The van der Waals surface area contributed by atoms with Gasteiger partial charge in [0.1, 0.15) is 0 Å². The van der Waals surface area contributed by atoms with Crippen LogP contribution in [0.15, 0.2) is 18.2 Å². The van der Waals surface area contributed by atoms with Gasteiger partial charge >= 0.3 is 0 Å². The standard InChI is InChI=1S/C14H22N4O2/c1-3-7-18-13(19)6-8-17-12-5-4-10(9-11(12)15)14(20)16-2/h4-5,9,17H,3,6-8,15H2,1-2H3,(H,16,20)(H,18,19). The van der Waals surface area contributed by atoms with Crippen molar-refractivity contribution in [3.05, 3.63) is 23.8 Å². The molecule has 0 saturated carbocycles. The highest BCUT2D eigenvalue weighted by molar-refractivity contribution is 5.95. The molecule has 20 heavy (non-hydrogen) atoms. The van der Waals surface area contributed by atoms with Gasteiger partial charge in [-0.05, 0) is 24.6 Å². The molecule has 1 aromatic carbocycles. The molecule has 0 bridgehead atoms. The molecular formula is C14H22N4O2. The van der Waals surface area contributed by atoms with Gasteiger partial charge in [0, 0.05) is 32.1 Å². The number of amides is 2. The second-order valence-electron chi connectivity index (χ2n) is 4.41. The molecule has 2 amide bonds. The summed E-state index contributed by atoms with van der Waals surface area (Å²) >= 11 is 0. The Labute approximate surface area is 119 Å². The summed E-state index contributed by atoms with van der Waals surface area (Å²) in [7, 11) is 1.57. The fraction of sp³-hybridized carbons (Fsp3) is 0.429. The predicted molar refractivity (Wildman–Crippen MR) is 80.7 cm³/mol. The number of carbonyl (C=O) groups is 2. The Balaban J connectivity index is 2.49. The van der Waals surface area contributed by atoms with E-state index in [9.17, 15) is 9.59 Å². The smallest absolute Gasteiger partial charge is 0.251 e. The number of carbonyl (C=O) groups excluding carboxylic acids is 2. The Morgan fingerprint density at radius 2 is 2.00 bits per heavy atom. The van der Waals surface area contributed by atoms with Crippen molar-refractivity contribution in [1.82, 2.24) is 10.6 Å². The molecule has 0 spiro atoms. The van der Waals surface area contributed by atoms with Gasteiger partial charge in [0.2, 0.25) is 5.91 Å². The van der Waals surface area contributed by atoms with Crippen LogP contribution < -0.4 is 21.7 Å². The zero-order valence-electron chi connectivity index (χ0n) is 12.0. The van der Waals surface area contributed by atoms with Crippen LogP contribution >= 0.6 is 0 Å². The van der Waals surface area contributed by atoms with Crippen molar-refractivity contribution in [2.24, 2.45) is 0 Å².